The van der Waals surface area contributed by atoms with Crippen LogP contribution in [0.15, 0.2) is 18.2 Å². The lowest BCUT2D eigenvalue weighted by Crippen LogP contribution is -2.34. The first-order chi connectivity index (χ1) is 9.02. The van der Waals surface area contributed by atoms with E-state index in [4.69, 9.17) is 4.74 Å². The van der Waals surface area contributed by atoms with Gasteiger partial charge in [-0.25, -0.2) is 4.39 Å². The standard InChI is InChI=1S/C13H17FN2O3/c1-9(17)15-5-6-16-13(18)8-10-3-4-12(19-2)11(14)7-10/h3-4,7H,5-6,8H2,1-2H3,(H,15,17)(H,16,18). The fourth-order valence-electron chi connectivity index (χ4n) is 1.51. The minimum atomic E-state index is -0.494. The molecule has 2 N–H and O–H groups in total. The van der Waals surface area contributed by atoms with E-state index in [1.165, 1.54) is 26.2 Å². The molecule has 0 heterocycles. The first-order valence-corrected chi connectivity index (χ1v) is 5.86. The average Bonchev–Trinajstić information content (AvgIpc) is 2.35. The SMILES string of the molecule is COc1ccc(CC(=O)NCCNC(C)=O)cc1F. The quantitative estimate of drug-likeness (QED) is 0.744. The van der Waals surface area contributed by atoms with Crippen LogP contribution >= 0.6 is 0 Å². The molecule has 0 saturated heterocycles. The Labute approximate surface area is 111 Å². The van der Waals surface area contributed by atoms with E-state index in [2.05, 4.69) is 10.6 Å². The number of carbonyl (C=O) groups excluding carboxylic acids is 2. The van der Waals surface area contributed by atoms with Crippen molar-refractivity contribution in [2.24, 2.45) is 0 Å². The number of hydrogen-bond acceptors (Lipinski definition) is 3. The first-order valence-electron chi connectivity index (χ1n) is 5.86. The Hall–Kier alpha value is -2.11. The Balaban J connectivity index is 2.40. The maximum Gasteiger partial charge on any atom is 0.224 e. The third-order valence-electron chi connectivity index (χ3n) is 2.40. The molecule has 0 saturated carbocycles. The molecule has 0 aliphatic rings. The lowest BCUT2D eigenvalue weighted by Gasteiger charge is -2.07. The molecule has 0 aromatic heterocycles. The molecule has 1 aromatic carbocycles. The Kier molecular flexibility index (Phi) is 5.78. The largest absolute Gasteiger partial charge is 0.494 e. The van der Waals surface area contributed by atoms with E-state index in [0.29, 0.717) is 18.7 Å². The second-order valence-electron chi connectivity index (χ2n) is 3.98. The Morgan fingerprint density at radius 3 is 2.53 bits per heavy atom. The summed E-state index contributed by atoms with van der Waals surface area (Å²) in [4.78, 5) is 22.1. The third-order valence-corrected chi connectivity index (χ3v) is 2.40. The van der Waals surface area contributed by atoms with Crippen molar-refractivity contribution < 1.29 is 18.7 Å². The fourth-order valence-corrected chi connectivity index (χ4v) is 1.51. The zero-order valence-electron chi connectivity index (χ0n) is 11.0. The highest BCUT2D eigenvalue weighted by molar-refractivity contribution is 5.78. The molecule has 104 valence electrons. The molecule has 0 radical (unpaired) electrons. The smallest absolute Gasteiger partial charge is 0.224 e. The van der Waals surface area contributed by atoms with Crippen LogP contribution < -0.4 is 15.4 Å². The van der Waals surface area contributed by atoms with E-state index in [-0.39, 0.29) is 24.0 Å². The molecule has 0 unspecified atom stereocenters. The molecule has 0 aliphatic heterocycles. The summed E-state index contributed by atoms with van der Waals surface area (Å²) in [6.45, 7) is 2.12. The van der Waals surface area contributed by atoms with Crippen molar-refractivity contribution >= 4 is 11.8 Å². The second kappa shape index (κ2) is 7.35. The van der Waals surface area contributed by atoms with Gasteiger partial charge in [-0.2, -0.15) is 0 Å². The fraction of sp³-hybridized carbons (Fsp3) is 0.385. The molecule has 2 amide bonds. The van der Waals surface area contributed by atoms with Crippen LogP contribution in [-0.2, 0) is 16.0 Å². The number of nitrogens with one attached hydrogen (secondary N) is 2. The van der Waals surface area contributed by atoms with Gasteiger partial charge in [-0.3, -0.25) is 9.59 Å². The lowest BCUT2D eigenvalue weighted by atomic mass is 10.1. The van der Waals surface area contributed by atoms with Crippen LogP contribution in [0.1, 0.15) is 12.5 Å². The van der Waals surface area contributed by atoms with Crippen LogP contribution in [0.3, 0.4) is 0 Å². The molecule has 19 heavy (non-hydrogen) atoms. The van der Waals surface area contributed by atoms with Gasteiger partial charge in [0.15, 0.2) is 11.6 Å². The number of halogens is 1. The number of hydrogen-bond donors (Lipinski definition) is 2. The maximum absolute atomic E-state index is 13.4. The summed E-state index contributed by atoms with van der Waals surface area (Å²) in [6, 6.07) is 4.39. The molecule has 0 atom stereocenters. The van der Waals surface area contributed by atoms with Crippen molar-refractivity contribution in [3.8, 4) is 5.75 Å². The minimum Gasteiger partial charge on any atom is -0.494 e. The van der Waals surface area contributed by atoms with Crippen molar-refractivity contribution in [3.05, 3.63) is 29.6 Å². The van der Waals surface area contributed by atoms with Crippen molar-refractivity contribution in [2.75, 3.05) is 20.2 Å². The zero-order valence-corrected chi connectivity index (χ0v) is 11.0. The van der Waals surface area contributed by atoms with E-state index in [1.807, 2.05) is 0 Å². The monoisotopic (exact) mass is 268 g/mol. The molecule has 1 rings (SSSR count). The molecule has 0 spiro atoms. The predicted octanol–water partition coefficient (Wildman–Crippen LogP) is 0.629. The van der Waals surface area contributed by atoms with E-state index in [0.717, 1.165) is 0 Å². The average molecular weight is 268 g/mol. The molecule has 0 bridgehead atoms. The molecule has 0 fully saturated rings. The summed E-state index contributed by atoms with van der Waals surface area (Å²) in [5.41, 5.74) is 0.565. The van der Waals surface area contributed by atoms with Crippen LogP contribution in [0.25, 0.3) is 0 Å². The topological polar surface area (TPSA) is 67.4 Å². The lowest BCUT2D eigenvalue weighted by molar-refractivity contribution is -0.121. The van der Waals surface area contributed by atoms with E-state index >= 15 is 0 Å². The molecule has 1 aromatic rings. The molecule has 5 nitrogen and oxygen atoms in total. The van der Waals surface area contributed by atoms with Crippen LogP contribution in [0.4, 0.5) is 4.39 Å². The Bertz CT molecular complexity index is 463. The Morgan fingerprint density at radius 2 is 1.95 bits per heavy atom. The summed E-state index contributed by atoms with van der Waals surface area (Å²) in [5, 5.41) is 5.19. The summed E-state index contributed by atoms with van der Waals surface area (Å²) >= 11 is 0. The van der Waals surface area contributed by atoms with Gasteiger partial charge in [0, 0.05) is 20.0 Å². The molecular weight excluding hydrogens is 251 g/mol. The first kappa shape index (κ1) is 14.9. The number of ether oxygens (including phenoxy) is 1. The summed E-state index contributed by atoms with van der Waals surface area (Å²) in [7, 11) is 1.38. The molecular formula is C13H17FN2O3. The zero-order chi connectivity index (χ0) is 14.3. The van der Waals surface area contributed by atoms with Crippen molar-refractivity contribution in [3.63, 3.8) is 0 Å². The Morgan fingerprint density at radius 1 is 1.26 bits per heavy atom. The van der Waals surface area contributed by atoms with Gasteiger partial charge >= 0.3 is 0 Å². The van der Waals surface area contributed by atoms with Crippen LogP contribution in [0.2, 0.25) is 0 Å². The third kappa shape index (κ3) is 5.37. The highest BCUT2D eigenvalue weighted by atomic mass is 19.1. The number of rotatable bonds is 6. The molecule has 0 aliphatic carbocycles. The molecule has 6 heteroatoms. The van der Waals surface area contributed by atoms with Gasteiger partial charge in [0.2, 0.25) is 11.8 Å². The number of benzene rings is 1. The second-order valence-corrected chi connectivity index (χ2v) is 3.98. The summed E-state index contributed by atoms with van der Waals surface area (Å²) in [5.74, 6) is -0.720. The van der Waals surface area contributed by atoms with Crippen LogP contribution in [0.5, 0.6) is 5.75 Å². The minimum absolute atomic E-state index is 0.0843. The van der Waals surface area contributed by atoms with Gasteiger partial charge in [0.1, 0.15) is 0 Å². The summed E-state index contributed by atoms with van der Waals surface area (Å²) < 4.78 is 18.2. The van der Waals surface area contributed by atoms with Crippen LogP contribution in [0, 0.1) is 5.82 Å². The van der Waals surface area contributed by atoms with E-state index in [9.17, 15) is 14.0 Å². The van der Waals surface area contributed by atoms with Crippen molar-refractivity contribution in [1.29, 1.82) is 0 Å². The van der Waals surface area contributed by atoms with Crippen molar-refractivity contribution in [1.82, 2.24) is 10.6 Å². The number of amides is 2. The highest BCUT2D eigenvalue weighted by Crippen LogP contribution is 2.17. The normalized spacial score (nSPS) is 9.84. The predicted molar refractivity (Wildman–Crippen MR) is 68.3 cm³/mol. The van der Waals surface area contributed by atoms with E-state index in [1.54, 1.807) is 6.07 Å². The van der Waals surface area contributed by atoms with Gasteiger partial charge in [0.25, 0.3) is 0 Å². The number of carbonyl (C=O) groups is 2. The van der Waals surface area contributed by atoms with Crippen LogP contribution in [-0.4, -0.2) is 32.0 Å². The maximum atomic E-state index is 13.4. The number of methoxy groups -OCH3 is 1. The van der Waals surface area contributed by atoms with Crippen molar-refractivity contribution in [2.45, 2.75) is 13.3 Å². The van der Waals surface area contributed by atoms with Gasteiger partial charge in [-0.1, -0.05) is 6.07 Å². The van der Waals surface area contributed by atoms with Gasteiger partial charge in [-0.05, 0) is 17.7 Å². The van der Waals surface area contributed by atoms with Gasteiger partial charge < -0.3 is 15.4 Å². The van der Waals surface area contributed by atoms with Gasteiger partial charge in [-0.15, -0.1) is 0 Å². The van der Waals surface area contributed by atoms with E-state index < -0.39 is 5.82 Å². The van der Waals surface area contributed by atoms with Gasteiger partial charge in [0.05, 0.1) is 13.5 Å². The summed E-state index contributed by atoms with van der Waals surface area (Å²) in [6.07, 6.45) is 0.0843. The highest BCUT2D eigenvalue weighted by Gasteiger charge is 2.07.